The van der Waals surface area contributed by atoms with Crippen LogP contribution in [-0.2, 0) is 6.54 Å². The number of nitrogens with zero attached hydrogens (tertiary/aromatic N) is 1. The van der Waals surface area contributed by atoms with Gasteiger partial charge in [-0.15, -0.1) is 0 Å². The molecule has 0 saturated heterocycles. The van der Waals surface area contributed by atoms with E-state index in [0.717, 1.165) is 5.56 Å². The Kier molecular flexibility index (Phi) is 2.95. The van der Waals surface area contributed by atoms with E-state index in [0.29, 0.717) is 12.4 Å². The summed E-state index contributed by atoms with van der Waals surface area (Å²) >= 11 is 0. The summed E-state index contributed by atoms with van der Waals surface area (Å²) in [6.45, 7) is 0.473. The van der Waals surface area contributed by atoms with Gasteiger partial charge in [0.15, 0.2) is 5.82 Å². The topological polar surface area (TPSA) is 104 Å². The number of nitrogens with one attached hydrogen (secondary N) is 2. The van der Waals surface area contributed by atoms with Gasteiger partial charge in [0.25, 0.3) is 5.56 Å². The fraction of sp³-hybridized carbons (Fsp3) is 0.0909. The van der Waals surface area contributed by atoms with Crippen molar-refractivity contribution in [2.24, 2.45) is 0 Å². The van der Waals surface area contributed by atoms with E-state index < -0.39 is 0 Å². The maximum absolute atomic E-state index is 11.2. The van der Waals surface area contributed by atoms with Crippen molar-refractivity contribution >= 4 is 11.5 Å². The molecule has 0 aliphatic carbocycles. The van der Waals surface area contributed by atoms with Crippen molar-refractivity contribution in [2.75, 3.05) is 11.1 Å². The molecule has 0 fully saturated rings. The number of phenols is 1. The number of nitrogens with two attached hydrogens (primary N) is 1. The first-order chi connectivity index (χ1) is 8.16. The van der Waals surface area contributed by atoms with E-state index in [2.05, 4.69) is 15.3 Å². The van der Waals surface area contributed by atoms with Gasteiger partial charge in [0.2, 0.25) is 0 Å². The molecule has 0 aliphatic rings. The van der Waals surface area contributed by atoms with Gasteiger partial charge in [0.1, 0.15) is 11.4 Å². The number of aromatic nitrogens is 2. The number of benzene rings is 1. The second-order valence-electron chi connectivity index (χ2n) is 3.51. The fourth-order valence-electron chi connectivity index (χ4n) is 1.35. The minimum Gasteiger partial charge on any atom is -0.508 e. The Balaban J connectivity index is 2.10. The van der Waals surface area contributed by atoms with Gasteiger partial charge < -0.3 is 21.1 Å². The van der Waals surface area contributed by atoms with Crippen LogP contribution < -0.4 is 16.6 Å². The van der Waals surface area contributed by atoms with Crippen molar-refractivity contribution in [1.29, 1.82) is 0 Å². The SMILES string of the molecule is Nc1c(NCc2ccc(O)cc2)nc[nH]c1=O. The molecule has 6 heteroatoms. The molecule has 0 atom stereocenters. The molecule has 2 rings (SSSR count). The van der Waals surface area contributed by atoms with E-state index in [1.54, 1.807) is 24.3 Å². The van der Waals surface area contributed by atoms with Gasteiger partial charge in [-0.1, -0.05) is 12.1 Å². The molecular formula is C11H12N4O2. The highest BCUT2D eigenvalue weighted by Gasteiger charge is 2.03. The van der Waals surface area contributed by atoms with E-state index in [4.69, 9.17) is 10.8 Å². The summed E-state index contributed by atoms with van der Waals surface area (Å²) in [6.07, 6.45) is 1.29. The molecule has 0 unspecified atom stereocenters. The number of phenolic OH excluding ortho intramolecular Hbond substituents is 1. The van der Waals surface area contributed by atoms with Crippen molar-refractivity contribution < 1.29 is 5.11 Å². The molecule has 0 amide bonds. The monoisotopic (exact) mass is 232 g/mol. The van der Waals surface area contributed by atoms with Crippen LogP contribution in [0.4, 0.5) is 11.5 Å². The molecule has 6 nitrogen and oxygen atoms in total. The molecular weight excluding hydrogens is 220 g/mol. The van der Waals surface area contributed by atoms with E-state index in [1.165, 1.54) is 6.33 Å². The van der Waals surface area contributed by atoms with Crippen molar-refractivity contribution in [2.45, 2.75) is 6.54 Å². The zero-order valence-electron chi connectivity index (χ0n) is 8.97. The van der Waals surface area contributed by atoms with Crippen LogP contribution >= 0.6 is 0 Å². The average molecular weight is 232 g/mol. The third kappa shape index (κ3) is 2.54. The summed E-state index contributed by atoms with van der Waals surface area (Å²) < 4.78 is 0. The van der Waals surface area contributed by atoms with Crippen LogP contribution in [0.5, 0.6) is 5.75 Å². The highest BCUT2D eigenvalue weighted by atomic mass is 16.3. The largest absolute Gasteiger partial charge is 0.508 e. The lowest BCUT2D eigenvalue weighted by atomic mass is 10.2. The molecule has 2 aromatic rings. The minimum atomic E-state index is -0.367. The molecule has 0 bridgehead atoms. The Morgan fingerprint density at radius 1 is 1.35 bits per heavy atom. The van der Waals surface area contributed by atoms with Gasteiger partial charge in [-0.05, 0) is 17.7 Å². The predicted octanol–water partition coefficient (Wildman–Crippen LogP) is 0.670. The minimum absolute atomic E-state index is 0.0614. The second kappa shape index (κ2) is 4.56. The van der Waals surface area contributed by atoms with E-state index in [9.17, 15) is 4.79 Å². The highest BCUT2D eigenvalue weighted by Crippen LogP contribution is 2.12. The number of rotatable bonds is 3. The van der Waals surface area contributed by atoms with E-state index >= 15 is 0 Å². The predicted molar refractivity (Wildman–Crippen MR) is 64.7 cm³/mol. The zero-order chi connectivity index (χ0) is 12.3. The Morgan fingerprint density at radius 2 is 2.06 bits per heavy atom. The van der Waals surface area contributed by atoms with Crippen molar-refractivity contribution in [3.63, 3.8) is 0 Å². The van der Waals surface area contributed by atoms with Gasteiger partial charge in [-0.25, -0.2) is 4.98 Å². The molecule has 17 heavy (non-hydrogen) atoms. The lowest BCUT2D eigenvalue weighted by Crippen LogP contribution is -2.16. The van der Waals surface area contributed by atoms with Crippen LogP contribution in [0.25, 0.3) is 0 Å². The molecule has 88 valence electrons. The van der Waals surface area contributed by atoms with Crippen LogP contribution in [0.1, 0.15) is 5.56 Å². The van der Waals surface area contributed by atoms with Gasteiger partial charge in [-0.3, -0.25) is 4.79 Å². The lowest BCUT2D eigenvalue weighted by Gasteiger charge is -2.07. The van der Waals surface area contributed by atoms with Crippen LogP contribution in [0.3, 0.4) is 0 Å². The summed E-state index contributed by atoms with van der Waals surface area (Å²) in [7, 11) is 0. The molecule has 0 spiro atoms. The molecule has 1 aromatic carbocycles. The average Bonchev–Trinajstić information content (AvgIpc) is 2.33. The molecule has 0 aliphatic heterocycles. The number of H-pyrrole nitrogens is 1. The van der Waals surface area contributed by atoms with Crippen LogP contribution in [0.15, 0.2) is 35.4 Å². The van der Waals surface area contributed by atoms with Crippen LogP contribution in [-0.4, -0.2) is 15.1 Å². The summed E-state index contributed by atoms with van der Waals surface area (Å²) in [5.41, 5.74) is 6.20. The first-order valence-electron chi connectivity index (χ1n) is 5.02. The first kappa shape index (κ1) is 11.0. The molecule has 1 aromatic heterocycles. The number of aromatic hydroxyl groups is 1. The van der Waals surface area contributed by atoms with Gasteiger partial charge in [0, 0.05) is 6.54 Å². The van der Waals surface area contributed by atoms with E-state index in [1.807, 2.05) is 0 Å². The zero-order valence-corrected chi connectivity index (χ0v) is 8.97. The Morgan fingerprint density at radius 3 is 2.76 bits per heavy atom. The number of hydrogen-bond acceptors (Lipinski definition) is 5. The van der Waals surface area contributed by atoms with Crippen LogP contribution in [0, 0.1) is 0 Å². The summed E-state index contributed by atoms with van der Waals surface area (Å²) in [4.78, 5) is 17.5. The maximum atomic E-state index is 11.2. The number of anilines is 2. The normalized spacial score (nSPS) is 10.1. The number of nitrogen functional groups attached to an aromatic ring is 1. The standard InChI is InChI=1S/C11H12N4O2/c12-9-10(14-6-15-11(9)17)13-5-7-1-3-8(16)4-2-7/h1-4,6,16H,5,12H2,(H2,13,14,15,17). The number of aromatic amines is 1. The molecule has 1 heterocycles. The summed E-state index contributed by atoms with van der Waals surface area (Å²) in [5.74, 6) is 0.560. The molecule has 0 saturated carbocycles. The van der Waals surface area contributed by atoms with Gasteiger partial charge >= 0.3 is 0 Å². The smallest absolute Gasteiger partial charge is 0.276 e. The van der Waals surface area contributed by atoms with E-state index in [-0.39, 0.29) is 17.0 Å². The first-order valence-corrected chi connectivity index (χ1v) is 5.02. The molecule has 5 N–H and O–H groups in total. The Bertz CT molecular complexity index is 562. The maximum Gasteiger partial charge on any atom is 0.276 e. The van der Waals surface area contributed by atoms with Crippen molar-refractivity contribution in [3.05, 3.63) is 46.5 Å². The third-order valence-electron chi connectivity index (χ3n) is 2.29. The highest BCUT2D eigenvalue weighted by molar-refractivity contribution is 5.59. The van der Waals surface area contributed by atoms with Crippen molar-refractivity contribution in [3.8, 4) is 5.75 Å². The third-order valence-corrected chi connectivity index (χ3v) is 2.29. The van der Waals surface area contributed by atoms with Crippen molar-refractivity contribution in [1.82, 2.24) is 9.97 Å². The Labute approximate surface area is 97.1 Å². The summed E-state index contributed by atoms with van der Waals surface area (Å²) in [5, 5.41) is 12.1. The van der Waals surface area contributed by atoms with Gasteiger partial charge in [0.05, 0.1) is 6.33 Å². The lowest BCUT2D eigenvalue weighted by molar-refractivity contribution is 0.475. The number of hydrogen-bond donors (Lipinski definition) is 4. The molecule has 0 radical (unpaired) electrons. The Hall–Kier alpha value is -2.50. The van der Waals surface area contributed by atoms with Crippen LogP contribution in [0.2, 0.25) is 0 Å². The quantitative estimate of drug-likeness (QED) is 0.622. The second-order valence-corrected chi connectivity index (χ2v) is 3.51. The van der Waals surface area contributed by atoms with Gasteiger partial charge in [-0.2, -0.15) is 0 Å². The summed E-state index contributed by atoms with van der Waals surface area (Å²) in [6, 6.07) is 6.72. The fourth-order valence-corrected chi connectivity index (χ4v) is 1.35.